The number of rotatable bonds is 6. The van der Waals surface area contributed by atoms with Crippen molar-refractivity contribution in [2.24, 2.45) is 10.7 Å². The number of benzene rings is 2. The highest BCUT2D eigenvalue weighted by Crippen LogP contribution is 2.29. The first kappa shape index (κ1) is 22.5. The molecule has 11 heteroatoms. The lowest BCUT2D eigenvalue weighted by Crippen LogP contribution is -2.30. The smallest absolute Gasteiger partial charge is 0.270 e. The molecule has 0 aliphatic carbocycles. The van der Waals surface area contributed by atoms with E-state index in [0.29, 0.717) is 22.7 Å². The van der Waals surface area contributed by atoms with Crippen molar-refractivity contribution < 1.29 is 14.5 Å². The van der Waals surface area contributed by atoms with E-state index in [4.69, 9.17) is 15.3 Å². The number of ether oxygens (including phenoxy) is 1. The molecule has 10 nitrogen and oxygen atoms in total. The van der Waals surface area contributed by atoms with Crippen LogP contribution in [0, 0.1) is 10.1 Å². The Kier molecular flexibility index (Phi) is 7.62. The second-order valence-electron chi connectivity index (χ2n) is 5.78. The number of guanidine groups is 1. The summed E-state index contributed by atoms with van der Waals surface area (Å²) < 4.78 is 5.18. The molecule has 1 heterocycles. The fraction of sp³-hybridized carbons (Fsp3) is 0.105. The van der Waals surface area contributed by atoms with E-state index in [0.717, 1.165) is 5.56 Å². The topological polar surface area (TPSA) is 138 Å². The standard InChI is InChI=1S/C19H18N6O4.ClH/c1-28-15-8-6-12(7-9-15)16-11-17(13-4-3-5-14(10-13)25(26)27)22-19(21-16)23-18(20)24-29-2;/h3-11H,1-2H3,(H3,20,21,22,23,24);1H. The van der Waals surface area contributed by atoms with E-state index in [1.165, 1.54) is 19.2 Å². The summed E-state index contributed by atoms with van der Waals surface area (Å²) >= 11 is 0. The SMILES string of the molecule is CONC(N)=Nc1nc(-c2ccc(OC)cc2)cc(-c2cccc([N+](=O)[O-])c2)n1.Cl. The molecule has 0 atom stereocenters. The van der Waals surface area contributed by atoms with Gasteiger partial charge in [-0.1, -0.05) is 12.1 Å². The first-order chi connectivity index (χ1) is 14.0. The predicted octanol–water partition coefficient (Wildman–Crippen LogP) is 3.25. The molecule has 0 unspecified atom stereocenters. The molecule has 0 spiro atoms. The zero-order chi connectivity index (χ0) is 20.8. The minimum atomic E-state index is -0.464. The molecule has 2 aromatic carbocycles. The van der Waals surface area contributed by atoms with Gasteiger partial charge in [0.15, 0.2) is 0 Å². The first-order valence-corrected chi connectivity index (χ1v) is 8.41. The number of hydrogen-bond donors (Lipinski definition) is 2. The maximum absolute atomic E-state index is 11.1. The van der Waals surface area contributed by atoms with E-state index in [2.05, 4.69) is 20.4 Å². The van der Waals surface area contributed by atoms with Crippen molar-refractivity contribution in [2.75, 3.05) is 14.2 Å². The van der Waals surface area contributed by atoms with Gasteiger partial charge in [0.1, 0.15) is 5.75 Å². The van der Waals surface area contributed by atoms with E-state index in [9.17, 15) is 10.1 Å². The number of nitrogens with zero attached hydrogens (tertiary/aromatic N) is 4. The van der Waals surface area contributed by atoms with Crippen LogP contribution in [0.2, 0.25) is 0 Å². The van der Waals surface area contributed by atoms with Gasteiger partial charge in [0.05, 0.1) is 30.5 Å². The summed E-state index contributed by atoms with van der Waals surface area (Å²) in [6.07, 6.45) is 0. The molecule has 0 bridgehead atoms. The molecule has 0 fully saturated rings. The van der Waals surface area contributed by atoms with Crippen LogP contribution < -0.4 is 16.0 Å². The number of hydroxylamine groups is 1. The van der Waals surface area contributed by atoms with Crippen LogP contribution in [0.15, 0.2) is 59.6 Å². The normalized spacial score (nSPS) is 10.8. The van der Waals surface area contributed by atoms with Crippen LogP contribution in [0.25, 0.3) is 22.5 Å². The summed E-state index contributed by atoms with van der Waals surface area (Å²) in [5, 5.41) is 11.1. The van der Waals surface area contributed by atoms with Gasteiger partial charge in [-0.3, -0.25) is 15.0 Å². The molecule has 3 rings (SSSR count). The van der Waals surface area contributed by atoms with Crippen LogP contribution in [-0.4, -0.2) is 35.1 Å². The number of non-ortho nitro benzene ring substituents is 1. The number of hydrogen-bond acceptors (Lipinski definition) is 7. The average molecular weight is 431 g/mol. The number of aromatic nitrogens is 2. The minimum absolute atomic E-state index is 0. The van der Waals surface area contributed by atoms with Crippen LogP contribution >= 0.6 is 12.4 Å². The predicted molar refractivity (Wildman–Crippen MR) is 115 cm³/mol. The van der Waals surface area contributed by atoms with Gasteiger partial charge in [0, 0.05) is 23.3 Å². The van der Waals surface area contributed by atoms with Gasteiger partial charge in [0.2, 0.25) is 5.96 Å². The van der Waals surface area contributed by atoms with Crippen molar-refractivity contribution in [1.29, 1.82) is 0 Å². The van der Waals surface area contributed by atoms with Crippen molar-refractivity contribution in [3.8, 4) is 28.3 Å². The fourth-order valence-electron chi connectivity index (χ4n) is 2.56. The van der Waals surface area contributed by atoms with Crippen molar-refractivity contribution in [2.45, 2.75) is 0 Å². The van der Waals surface area contributed by atoms with Crippen LogP contribution in [0.5, 0.6) is 5.75 Å². The molecule has 3 N–H and O–H groups in total. The van der Waals surface area contributed by atoms with Crippen molar-refractivity contribution >= 4 is 30.0 Å². The largest absolute Gasteiger partial charge is 0.497 e. The molecular formula is C19H19ClN6O4. The van der Waals surface area contributed by atoms with E-state index in [1.807, 2.05) is 12.1 Å². The van der Waals surface area contributed by atoms with E-state index in [-0.39, 0.29) is 30.0 Å². The van der Waals surface area contributed by atoms with Gasteiger partial charge in [-0.25, -0.2) is 15.4 Å². The monoisotopic (exact) mass is 430 g/mol. The molecule has 156 valence electrons. The molecule has 0 amide bonds. The van der Waals surface area contributed by atoms with Gasteiger partial charge >= 0.3 is 0 Å². The second-order valence-corrected chi connectivity index (χ2v) is 5.78. The summed E-state index contributed by atoms with van der Waals surface area (Å²) in [4.78, 5) is 28.2. The third-order valence-electron chi connectivity index (χ3n) is 3.88. The van der Waals surface area contributed by atoms with Gasteiger partial charge in [-0.2, -0.15) is 4.99 Å². The Balaban J connectivity index is 0.00000320. The lowest BCUT2D eigenvalue weighted by Gasteiger charge is -2.08. The molecule has 0 saturated carbocycles. The Morgan fingerprint density at radius 1 is 1.07 bits per heavy atom. The van der Waals surface area contributed by atoms with Crippen LogP contribution in [-0.2, 0) is 4.84 Å². The lowest BCUT2D eigenvalue weighted by atomic mass is 10.1. The second kappa shape index (κ2) is 10.1. The highest BCUT2D eigenvalue weighted by Gasteiger charge is 2.12. The number of nitro benzene ring substituents is 1. The summed E-state index contributed by atoms with van der Waals surface area (Å²) in [7, 11) is 2.98. The van der Waals surface area contributed by atoms with Crippen molar-refractivity contribution in [3.05, 3.63) is 64.7 Å². The van der Waals surface area contributed by atoms with Gasteiger partial charge in [-0.15, -0.1) is 12.4 Å². The Labute approximate surface area is 178 Å². The van der Waals surface area contributed by atoms with Crippen LogP contribution in [0.1, 0.15) is 0 Å². The molecule has 1 aromatic heterocycles. The molecule has 0 radical (unpaired) electrons. The molecule has 0 aliphatic rings. The van der Waals surface area contributed by atoms with Gasteiger partial charge in [0.25, 0.3) is 11.6 Å². The first-order valence-electron chi connectivity index (χ1n) is 8.41. The Hall–Kier alpha value is -3.76. The third-order valence-corrected chi connectivity index (χ3v) is 3.88. The maximum Gasteiger partial charge on any atom is 0.270 e. The number of nitrogens with one attached hydrogen (secondary N) is 1. The average Bonchev–Trinajstić information content (AvgIpc) is 2.74. The molecule has 3 aromatic rings. The molecule has 0 aliphatic heterocycles. The summed E-state index contributed by atoms with van der Waals surface area (Å²) in [6.45, 7) is 0. The molecule has 0 saturated heterocycles. The Bertz CT molecular complexity index is 1060. The quantitative estimate of drug-likeness (QED) is 0.263. The maximum atomic E-state index is 11.1. The number of nitrogens with two attached hydrogens (primary N) is 1. The Morgan fingerprint density at radius 2 is 1.73 bits per heavy atom. The van der Waals surface area contributed by atoms with Crippen molar-refractivity contribution in [1.82, 2.24) is 15.4 Å². The lowest BCUT2D eigenvalue weighted by molar-refractivity contribution is -0.384. The van der Waals surface area contributed by atoms with Gasteiger partial charge < -0.3 is 10.5 Å². The number of halogens is 1. The summed E-state index contributed by atoms with van der Waals surface area (Å²) in [5.41, 5.74) is 10.4. The van der Waals surface area contributed by atoms with Gasteiger partial charge in [-0.05, 0) is 30.3 Å². The van der Waals surface area contributed by atoms with Crippen molar-refractivity contribution in [3.63, 3.8) is 0 Å². The summed E-state index contributed by atoms with van der Waals surface area (Å²) in [5.74, 6) is 0.736. The number of methoxy groups -OCH3 is 1. The van der Waals surface area contributed by atoms with E-state index >= 15 is 0 Å². The third kappa shape index (κ3) is 5.40. The highest BCUT2D eigenvalue weighted by molar-refractivity contribution is 5.85. The molecule has 30 heavy (non-hydrogen) atoms. The minimum Gasteiger partial charge on any atom is -0.497 e. The Morgan fingerprint density at radius 3 is 2.33 bits per heavy atom. The van der Waals surface area contributed by atoms with Crippen LogP contribution in [0.3, 0.4) is 0 Å². The zero-order valence-corrected chi connectivity index (χ0v) is 16.9. The summed E-state index contributed by atoms with van der Waals surface area (Å²) in [6, 6.07) is 15.1. The van der Waals surface area contributed by atoms with E-state index in [1.54, 1.807) is 37.4 Å². The number of aliphatic imine (C=N–C) groups is 1. The fourth-order valence-corrected chi connectivity index (χ4v) is 2.56. The highest BCUT2D eigenvalue weighted by atomic mass is 35.5. The molecular weight excluding hydrogens is 412 g/mol. The van der Waals surface area contributed by atoms with Crippen LogP contribution in [0.4, 0.5) is 11.6 Å². The number of nitro groups is 1. The zero-order valence-electron chi connectivity index (χ0n) is 16.1. The van der Waals surface area contributed by atoms with E-state index < -0.39 is 4.92 Å².